The number of hydrogen-bond acceptors (Lipinski definition) is 5. The fourth-order valence-corrected chi connectivity index (χ4v) is 3.16. The lowest BCUT2D eigenvalue weighted by Crippen LogP contribution is -2.44. The molecule has 3 heterocycles. The molecule has 5 nitrogen and oxygen atoms in total. The van der Waals surface area contributed by atoms with Gasteiger partial charge in [-0.25, -0.2) is 9.97 Å². The molecule has 4 rings (SSSR count). The van der Waals surface area contributed by atoms with Crippen LogP contribution in [0.5, 0.6) is 0 Å². The molecule has 5 heteroatoms. The summed E-state index contributed by atoms with van der Waals surface area (Å²) in [5.41, 5.74) is 3.44. The van der Waals surface area contributed by atoms with E-state index in [1.54, 1.807) is 6.20 Å². The van der Waals surface area contributed by atoms with E-state index in [4.69, 9.17) is 9.97 Å². The predicted octanol–water partition coefficient (Wildman–Crippen LogP) is 1.44. The molecule has 1 aliphatic carbocycles. The molecular formula is C16H19N5. The van der Waals surface area contributed by atoms with Crippen LogP contribution in [-0.4, -0.2) is 41.1 Å². The normalized spacial score (nSPS) is 17.8. The van der Waals surface area contributed by atoms with Gasteiger partial charge in [-0.05, 0) is 31.4 Å². The van der Waals surface area contributed by atoms with Crippen molar-refractivity contribution in [3.8, 4) is 11.5 Å². The highest BCUT2D eigenvalue weighted by Gasteiger charge is 2.24. The first kappa shape index (κ1) is 12.7. The van der Waals surface area contributed by atoms with Crippen molar-refractivity contribution < 1.29 is 0 Å². The highest BCUT2D eigenvalue weighted by atomic mass is 15.2. The van der Waals surface area contributed by atoms with Crippen LogP contribution in [0.3, 0.4) is 0 Å². The molecule has 0 bridgehead atoms. The van der Waals surface area contributed by atoms with Crippen LogP contribution in [-0.2, 0) is 12.8 Å². The monoisotopic (exact) mass is 281 g/mol. The van der Waals surface area contributed by atoms with E-state index in [1.165, 1.54) is 17.7 Å². The van der Waals surface area contributed by atoms with Gasteiger partial charge in [0.1, 0.15) is 11.5 Å². The molecule has 0 unspecified atom stereocenters. The molecular weight excluding hydrogens is 262 g/mol. The Morgan fingerprint density at radius 3 is 2.76 bits per heavy atom. The SMILES string of the molecule is c1ccc(-c2nc3c(c(N4CCNCC4)n2)CCC3)nc1. The topological polar surface area (TPSA) is 53.9 Å². The quantitative estimate of drug-likeness (QED) is 0.902. The first-order valence-electron chi connectivity index (χ1n) is 7.69. The number of rotatable bonds is 2. The summed E-state index contributed by atoms with van der Waals surface area (Å²) in [5, 5.41) is 3.40. The third-order valence-corrected chi connectivity index (χ3v) is 4.22. The summed E-state index contributed by atoms with van der Waals surface area (Å²) in [6.07, 6.45) is 5.17. The summed E-state index contributed by atoms with van der Waals surface area (Å²) in [6.45, 7) is 4.09. The standard InChI is InChI=1S/C16H19N5/c1-2-7-18-14(5-1)15-19-13-6-3-4-12(13)16(20-15)21-10-8-17-9-11-21/h1-2,5,7,17H,3-4,6,8-11H2. The van der Waals surface area contributed by atoms with Crippen molar-refractivity contribution in [2.75, 3.05) is 31.1 Å². The molecule has 1 fully saturated rings. The van der Waals surface area contributed by atoms with E-state index < -0.39 is 0 Å². The van der Waals surface area contributed by atoms with Crippen molar-refractivity contribution in [1.82, 2.24) is 20.3 Å². The number of anilines is 1. The summed E-state index contributed by atoms with van der Waals surface area (Å²) in [4.78, 5) is 16.4. The molecule has 0 spiro atoms. The predicted molar refractivity (Wildman–Crippen MR) is 82.4 cm³/mol. The highest BCUT2D eigenvalue weighted by molar-refractivity contribution is 5.59. The van der Waals surface area contributed by atoms with E-state index in [1.807, 2.05) is 18.2 Å². The van der Waals surface area contributed by atoms with Crippen LogP contribution in [0.2, 0.25) is 0 Å². The Hall–Kier alpha value is -2.01. The molecule has 2 aliphatic rings. The Morgan fingerprint density at radius 2 is 1.95 bits per heavy atom. The molecule has 0 atom stereocenters. The van der Waals surface area contributed by atoms with Gasteiger partial charge >= 0.3 is 0 Å². The lowest BCUT2D eigenvalue weighted by atomic mass is 10.2. The van der Waals surface area contributed by atoms with Crippen molar-refractivity contribution in [3.63, 3.8) is 0 Å². The number of nitrogens with zero attached hydrogens (tertiary/aromatic N) is 4. The zero-order chi connectivity index (χ0) is 14.1. The van der Waals surface area contributed by atoms with Gasteiger partial charge in [-0.1, -0.05) is 6.07 Å². The van der Waals surface area contributed by atoms with Crippen LogP contribution in [0.1, 0.15) is 17.7 Å². The zero-order valence-electron chi connectivity index (χ0n) is 12.0. The largest absolute Gasteiger partial charge is 0.354 e. The van der Waals surface area contributed by atoms with Crippen molar-refractivity contribution in [1.29, 1.82) is 0 Å². The van der Waals surface area contributed by atoms with Crippen molar-refractivity contribution in [2.45, 2.75) is 19.3 Å². The Balaban J connectivity index is 1.80. The molecule has 0 aromatic carbocycles. The molecule has 2 aromatic rings. The average molecular weight is 281 g/mol. The maximum absolute atomic E-state index is 4.86. The van der Waals surface area contributed by atoms with Crippen LogP contribution in [0.15, 0.2) is 24.4 Å². The van der Waals surface area contributed by atoms with Gasteiger partial charge in [0.2, 0.25) is 0 Å². The Bertz CT molecular complexity index is 635. The summed E-state index contributed by atoms with van der Waals surface area (Å²) in [5.74, 6) is 1.91. The van der Waals surface area contributed by atoms with Gasteiger partial charge in [-0.3, -0.25) is 4.98 Å². The lowest BCUT2D eigenvalue weighted by Gasteiger charge is -2.30. The Labute approximate surface area is 124 Å². The first-order valence-corrected chi connectivity index (χ1v) is 7.69. The minimum Gasteiger partial charge on any atom is -0.354 e. The summed E-state index contributed by atoms with van der Waals surface area (Å²) >= 11 is 0. The number of fused-ring (bicyclic) bond motifs is 1. The van der Waals surface area contributed by atoms with Crippen molar-refractivity contribution in [3.05, 3.63) is 35.7 Å². The second kappa shape index (κ2) is 5.41. The minimum atomic E-state index is 0.768. The molecule has 108 valence electrons. The van der Waals surface area contributed by atoms with E-state index in [9.17, 15) is 0 Å². The average Bonchev–Trinajstić information content (AvgIpc) is 3.04. The van der Waals surface area contributed by atoms with E-state index in [2.05, 4.69) is 15.2 Å². The van der Waals surface area contributed by atoms with Gasteiger partial charge < -0.3 is 10.2 Å². The lowest BCUT2D eigenvalue weighted by molar-refractivity contribution is 0.583. The molecule has 2 aromatic heterocycles. The van der Waals surface area contributed by atoms with E-state index in [-0.39, 0.29) is 0 Å². The van der Waals surface area contributed by atoms with Gasteiger partial charge in [0.05, 0.1) is 0 Å². The van der Waals surface area contributed by atoms with Crippen LogP contribution >= 0.6 is 0 Å². The van der Waals surface area contributed by atoms with Crippen molar-refractivity contribution >= 4 is 5.82 Å². The molecule has 0 amide bonds. The number of pyridine rings is 1. The fraction of sp³-hybridized carbons (Fsp3) is 0.438. The Kier molecular flexibility index (Phi) is 3.27. The second-order valence-electron chi connectivity index (χ2n) is 5.60. The highest BCUT2D eigenvalue weighted by Crippen LogP contribution is 2.31. The maximum Gasteiger partial charge on any atom is 0.180 e. The van der Waals surface area contributed by atoms with Gasteiger partial charge in [0, 0.05) is 43.6 Å². The van der Waals surface area contributed by atoms with Gasteiger partial charge in [0.15, 0.2) is 5.82 Å². The van der Waals surface area contributed by atoms with Gasteiger partial charge in [-0.2, -0.15) is 0 Å². The third-order valence-electron chi connectivity index (χ3n) is 4.22. The van der Waals surface area contributed by atoms with Crippen LogP contribution in [0, 0.1) is 0 Å². The van der Waals surface area contributed by atoms with Gasteiger partial charge in [0.25, 0.3) is 0 Å². The maximum atomic E-state index is 4.86. The van der Waals surface area contributed by atoms with E-state index >= 15 is 0 Å². The van der Waals surface area contributed by atoms with Crippen LogP contribution < -0.4 is 10.2 Å². The molecule has 1 aliphatic heterocycles. The third kappa shape index (κ3) is 2.38. The summed E-state index contributed by atoms with van der Waals surface area (Å²) in [6, 6.07) is 5.90. The zero-order valence-corrected chi connectivity index (χ0v) is 12.0. The van der Waals surface area contributed by atoms with E-state index in [0.717, 1.165) is 56.4 Å². The Morgan fingerprint density at radius 1 is 1.05 bits per heavy atom. The molecule has 0 saturated carbocycles. The number of aryl methyl sites for hydroxylation is 1. The molecule has 21 heavy (non-hydrogen) atoms. The van der Waals surface area contributed by atoms with E-state index in [0.29, 0.717) is 0 Å². The smallest absolute Gasteiger partial charge is 0.180 e. The number of aromatic nitrogens is 3. The second-order valence-corrected chi connectivity index (χ2v) is 5.60. The number of nitrogens with one attached hydrogen (secondary N) is 1. The molecule has 1 saturated heterocycles. The summed E-state index contributed by atoms with van der Waals surface area (Å²) in [7, 11) is 0. The van der Waals surface area contributed by atoms with Crippen LogP contribution in [0.4, 0.5) is 5.82 Å². The first-order chi connectivity index (χ1) is 10.4. The van der Waals surface area contributed by atoms with Crippen molar-refractivity contribution in [2.24, 2.45) is 0 Å². The molecule has 0 radical (unpaired) electrons. The fourth-order valence-electron chi connectivity index (χ4n) is 3.16. The van der Waals surface area contributed by atoms with Gasteiger partial charge in [-0.15, -0.1) is 0 Å². The number of piperazine rings is 1. The molecule has 1 N–H and O–H groups in total. The minimum absolute atomic E-state index is 0.768. The summed E-state index contributed by atoms with van der Waals surface area (Å²) < 4.78 is 0. The van der Waals surface area contributed by atoms with Crippen LogP contribution in [0.25, 0.3) is 11.5 Å². The number of hydrogen-bond donors (Lipinski definition) is 1.